The molecule has 11 heavy (non-hydrogen) atoms. The Labute approximate surface area is 73.3 Å². The van der Waals surface area contributed by atoms with E-state index >= 15 is 0 Å². The Morgan fingerprint density at radius 1 is 1.09 bits per heavy atom. The standard InChI is InChI=1S/C9H22NP/c1-4-10(5-2)8-6-7-9-11-3/h11H,4-9H2,1-3H3. The van der Waals surface area contributed by atoms with E-state index in [9.17, 15) is 0 Å². The zero-order valence-corrected chi connectivity index (χ0v) is 9.19. The first-order valence-corrected chi connectivity index (χ1v) is 6.42. The van der Waals surface area contributed by atoms with Gasteiger partial charge in [-0.1, -0.05) is 13.8 Å². The van der Waals surface area contributed by atoms with E-state index in [4.69, 9.17) is 0 Å². The molecule has 0 saturated heterocycles. The van der Waals surface area contributed by atoms with Crippen molar-refractivity contribution in [1.82, 2.24) is 4.90 Å². The van der Waals surface area contributed by atoms with E-state index in [-0.39, 0.29) is 0 Å². The molecule has 0 aromatic heterocycles. The molecule has 0 heterocycles. The zero-order valence-electron chi connectivity index (χ0n) is 8.19. The molecular weight excluding hydrogens is 153 g/mol. The van der Waals surface area contributed by atoms with Crippen molar-refractivity contribution in [3.8, 4) is 0 Å². The predicted octanol–water partition coefficient (Wildman–Crippen LogP) is 2.42. The third-order valence-corrected chi connectivity index (χ3v) is 2.90. The fourth-order valence-electron chi connectivity index (χ4n) is 1.18. The molecule has 0 amide bonds. The summed E-state index contributed by atoms with van der Waals surface area (Å²) in [5.41, 5.74) is 0. The van der Waals surface area contributed by atoms with Crippen LogP contribution in [0.1, 0.15) is 26.7 Å². The average molecular weight is 175 g/mol. The second-order valence-electron chi connectivity index (χ2n) is 2.84. The molecule has 68 valence electrons. The number of nitrogens with zero attached hydrogens (tertiary/aromatic N) is 1. The van der Waals surface area contributed by atoms with Crippen molar-refractivity contribution in [2.45, 2.75) is 26.7 Å². The minimum absolute atomic E-state index is 1.14. The monoisotopic (exact) mass is 175 g/mol. The summed E-state index contributed by atoms with van der Waals surface area (Å²) in [5, 5.41) is 0. The van der Waals surface area contributed by atoms with Crippen molar-refractivity contribution in [1.29, 1.82) is 0 Å². The normalized spacial score (nSPS) is 12.0. The van der Waals surface area contributed by atoms with Gasteiger partial charge < -0.3 is 4.90 Å². The highest BCUT2D eigenvalue weighted by atomic mass is 31.1. The summed E-state index contributed by atoms with van der Waals surface area (Å²) in [6.07, 6.45) is 4.25. The summed E-state index contributed by atoms with van der Waals surface area (Å²) in [5.74, 6) is 0. The quantitative estimate of drug-likeness (QED) is 0.424. The molecule has 0 saturated carbocycles. The third-order valence-electron chi connectivity index (χ3n) is 2.05. The van der Waals surface area contributed by atoms with Crippen molar-refractivity contribution in [3.05, 3.63) is 0 Å². The van der Waals surface area contributed by atoms with Crippen molar-refractivity contribution < 1.29 is 0 Å². The number of rotatable bonds is 7. The second kappa shape index (κ2) is 8.49. The van der Waals surface area contributed by atoms with Gasteiger partial charge in [-0.15, -0.1) is 8.58 Å². The SMILES string of the molecule is CCN(CC)CCCCPC. The Kier molecular flexibility index (Phi) is 8.79. The van der Waals surface area contributed by atoms with Crippen LogP contribution < -0.4 is 0 Å². The third kappa shape index (κ3) is 6.77. The molecule has 0 rings (SSSR count). The van der Waals surface area contributed by atoms with E-state index in [0.717, 1.165) is 8.58 Å². The lowest BCUT2D eigenvalue weighted by Crippen LogP contribution is -2.23. The van der Waals surface area contributed by atoms with Gasteiger partial charge in [0.15, 0.2) is 0 Å². The molecule has 0 aromatic carbocycles. The molecule has 0 spiro atoms. The topological polar surface area (TPSA) is 3.24 Å². The maximum atomic E-state index is 2.50. The van der Waals surface area contributed by atoms with Crippen LogP contribution in [0.2, 0.25) is 0 Å². The van der Waals surface area contributed by atoms with Crippen LogP contribution in [0.15, 0.2) is 0 Å². The lowest BCUT2D eigenvalue weighted by molar-refractivity contribution is 0.299. The molecule has 0 aliphatic carbocycles. The van der Waals surface area contributed by atoms with Gasteiger partial charge in [0.25, 0.3) is 0 Å². The van der Waals surface area contributed by atoms with Crippen molar-refractivity contribution in [3.63, 3.8) is 0 Å². The van der Waals surface area contributed by atoms with Crippen LogP contribution in [-0.4, -0.2) is 37.4 Å². The van der Waals surface area contributed by atoms with Gasteiger partial charge in [0, 0.05) is 0 Å². The van der Waals surface area contributed by atoms with Crippen molar-refractivity contribution in [2.24, 2.45) is 0 Å². The lowest BCUT2D eigenvalue weighted by Gasteiger charge is -2.17. The van der Waals surface area contributed by atoms with Crippen LogP contribution >= 0.6 is 8.58 Å². The van der Waals surface area contributed by atoms with Gasteiger partial charge in [0.05, 0.1) is 0 Å². The van der Waals surface area contributed by atoms with Gasteiger partial charge in [-0.2, -0.15) is 0 Å². The average Bonchev–Trinajstić information content (AvgIpc) is 2.05. The molecule has 0 bridgehead atoms. The van der Waals surface area contributed by atoms with Crippen LogP contribution in [0.4, 0.5) is 0 Å². The van der Waals surface area contributed by atoms with Crippen LogP contribution in [0.5, 0.6) is 0 Å². The van der Waals surface area contributed by atoms with E-state index in [1.807, 2.05) is 0 Å². The first-order valence-electron chi connectivity index (χ1n) is 4.72. The van der Waals surface area contributed by atoms with Gasteiger partial charge in [-0.05, 0) is 45.3 Å². The molecule has 0 aliphatic rings. The fourth-order valence-corrected chi connectivity index (χ4v) is 1.78. The van der Waals surface area contributed by atoms with Crippen LogP contribution in [-0.2, 0) is 0 Å². The number of hydrogen-bond acceptors (Lipinski definition) is 1. The Morgan fingerprint density at radius 2 is 1.73 bits per heavy atom. The predicted molar refractivity (Wildman–Crippen MR) is 56.1 cm³/mol. The molecule has 0 N–H and O–H groups in total. The van der Waals surface area contributed by atoms with Gasteiger partial charge in [0.1, 0.15) is 0 Å². The van der Waals surface area contributed by atoms with Crippen LogP contribution in [0.25, 0.3) is 0 Å². The van der Waals surface area contributed by atoms with Crippen LogP contribution in [0.3, 0.4) is 0 Å². The minimum atomic E-state index is 1.14. The van der Waals surface area contributed by atoms with Crippen LogP contribution in [0, 0.1) is 0 Å². The van der Waals surface area contributed by atoms with Gasteiger partial charge >= 0.3 is 0 Å². The summed E-state index contributed by atoms with van der Waals surface area (Å²) < 4.78 is 0. The second-order valence-corrected chi connectivity index (χ2v) is 4.04. The molecule has 0 aliphatic heterocycles. The molecule has 0 fully saturated rings. The van der Waals surface area contributed by atoms with Gasteiger partial charge in [-0.25, -0.2) is 0 Å². The summed E-state index contributed by atoms with van der Waals surface area (Å²) in [6.45, 7) is 10.5. The maximum Gasteiger partial charge on any atom is -0.00188 e. The zero-order chi connectivity index (χ0) is 8.53. The highest BCUT2D eigenvalue weighted by molar-refractivity contribution is 7.36. The van der Waals surface area contributed by atoms with E-state index < -0.39 is 0 Å². The maximum absolute atomic E-state index is 2.50. The largest absolute Gasteiger partial charge is 0.304 e. The Morgan fingerprint density at radius 3 is 2.18 bits per heavy atom. The van der Waals surface area contributed by atoms with E-state index in [1.54, 1.807) is 0 Å². The number of unbranched alkanes of at least 4 members (excludes halogenated alkanes) is 1. The van der Waals surface area contributed by atoms with Gasteiger partial charge in [-0.3, -0.25) is 0 Å². The molecule has 1 atom stereocenters. The first kappa shape index (κ1) is 11.4. The van der Waals surface area contributed by atoms with Gasteiger partial charge in [0.2, 0.25) is 0 Å². The Hall–Kier alpha value is 0.390. The smallest absolute Gasteiger partial charge is 0.00188 e. The summed E-state index contributed by atoms with van der Waals surface area (Å²) in [4.78, 5) is 2.50. The summed E-state index contributed by atoms with van der Waals surface area (Å²) in [7, 11) is 1.14. The van der Waals surface area contributed by atoms with Crippen molar-refractivity contribution >= 4 is 8.58 Å². The minimum Gasteiger partial charge on any atom is -0.304 e. The van der Waals surface area contributed by atoms with E-state index in [0.29, 0.717) is 0 Å². The Bertz CT molecular complexity index is 72.0. The molecule has 0 radical (unpaired) electrons. The molecular formula is C9H22NP. The molecule has 1 unspecified atom stereocenters. The summed E-state index contributed by atoms with van der Waals surface area (Å²) >= 11 is 0. The van der Waals surface area contributed by atoms with Crippen molar-refractivity contribution in [2.75, 3.05) is 32.5 Å². The van der Waals surface area contributed by atoms with E-state index in [1.165, 1.54) is 38.6 Å². The highest BCUT2D eigenvalue weighted by Gasteiger charge is 1.96. The molecule has 2 heteroatoms. The number of hydrogen-bond donors (Lipinski definition) is 0. The lowest BCUT2D eigenvalue weighted by atomic mass is 10.3. The molecule has 1 nitrogen and oxygen atoms in total. The summed E-state index contributed by atoms with van der Waals surface area (Å²) in [6, 6.07) is 0. The molecule has 0 aromatic rings. The van der Waals surface area contributed by atoms with E-state index in [2.05, 4.69) is 25.4 Å². The highest BCUT2D eigenvalue weighted by Crippen LogP contribution is 2.06. The Balaban J connectivity index is 3.07. The first-order chi connectivity index (χ1) is 5.35. The fraction of sp³-hybridized carbons (Fsp3) is 1.00.